The van der Waals surface area contributed by atoms with E-state index in [1.54, 1.807) is 31.2 Å². The summed E-state index contributed by atoms with van der Waals surface area (Å²) < 4.78 is 5.70. The molecule has 0 bridgehead atoms. The quantitative estimate of drug-likeness (QED) is 0.559. The van der Waals surface area contributed by atoms with Crippen LogP contribution in [0.5, 0.6) is 5.75 Å². The lowest BCUT2D eigenvalue weighted by Gasteiger charge is -2.15. The molecule has 2 N–H and O–H groups in total. The lowest BCUT2D eigenvalue weighted by Crippen LogP contribution is -2.30. The molecule has 0 aromatic heterocycles. The van der Waals surface area contributed by atoms with Gasteiger partial charge < -0.3 is 15.4 Å². The van der Waals surface area contributed by atoms with Gasteiger partial charge in [-0.25, -0.2) is 0 Å². The van der Waals surface area contributed by atoms with Crippen LogP contribution in [0.25, 0.3) is 0 Å². The molecule has 3 aromatic rings. The Balaban J connectivity index is 1.47. The van der Waals surface area contributed by atoms with E-state index in [0.717, 1.165) is 11.1 Å². The lowest BCUT2D eigenvalue weighted by atomic mass is 10.1. The fourth-order valence-electron chi connectivity index (χ4n) is 2.95. The minimum absolute atomic E-state index is 0.0455. The van der Waals surface area contributed by atoms with Crippen LogP contribution < -0.4 is 15.4 Å². The van der Waals surface area contributed by atoms with Gasteiger partial charge in [0, 0.05) is 17.8 Å². The van der Waals surface area contributed by atoms with E-state index < -0.39 is 6.10 Å². The van der Waals surface area contributed by atoms with Crippen LogP contribution in [0.2, 0.25) is 0 Å². The number of nitrogens with one attached hydrogen (secondary N) is 2. The first-order valence-electron chi connectivity index (χ1n) is 9.97. The summed E-state index contributed by atoms with van der Waals surface area (Å²) in [6.07, 6.45) is 0.472. The molecule has 0 unspecified atom stereocenters. The molecule has 0 saturated carbocycles. The Labute approximate surface area is 177 Å². The molecule has 0 spiro atoms. The first kappa shape index (κ1) is 21.1. The van der Waals surface area contributed by atoms with Gasteiger partial charge in [0.15, 0.2) is 6.10 Å². The van der Waals surface area contributed by atoms with E-state index in [9.17, 15) is 9.59 Å². The summed E-state index contributed by atoms with van der Waals surface area (Å²) in [6.45, 7) is 3.68. The molecular weight excluding hydrogens is 376 g/mol. The molecule has 3 aromatic carbocycles. The molecule has 0 aliphatic rings. The fourth-order valence-corrected chi connectivity index (χ4v) is 2.95. The Morgan fingerprint density at radius 3 is 2.20 bits per heavy atom. The fraction of sp³-hybridized carbons (Fsp3) is 0.200. The summed E-state index contributed by atoms with van der Waals surface area (Å²) in [5.74, 6) is 0.373. The summed E-state index contributed by atoms with van der Waals surface area (Å²) in [6, 6.07) is 24.5. The highest BCUT2D eigenvalue weighted by atomic mass is 16.5. The maximum absolute atomic E-state index is 12.4. The van der Waals surface area contributed by atoms with Crippen molar-refractivity contribution in [2.24, 2.45) is 0 Å². The van der Waals surface area contributed by atoms with E-state index in [2.05, 4.69) is 10.6 Å². The maximum Gasteiger partial charge on any atom is 0.265 e. The lowest BCUT2D eigenvalue weighted by molar-refractivity contribution is -0.122. The molecule has 2 amide bonds. The normalized spacial score (nSPS) is 11.4. The van der Waals surface area contributed by atoms with E-state index in [1.165, 1.54) is 0 Å². The number of anilines is 2. The molecule has 154 valence electrons. The van der Waals surface area contributed by atoms with Gasteiger partial charge in [0.05, 0.1) is 0 Å². The Bertz CT molecular complexity index is 985. The molecule has 0 radical (unpaired) electrons. The molecule has 3 rings (SSSR count). The first-order valence-corrected chi connectivity index (χ1v) is 9.97. The SMILES string of the molecule is Cc1cccc(O[C@H](C)C(=O)Nc2ccc(NC(=O)CCc3ccccc3)cc2)c1. The van der Waals surface area contributed by atoms with E-state index in [-0.39, 0.29) is 11.8 Å². The number of aryl methyl sites for hydroxylation is 2. The van der Waals surface area contributed by atoms with Crippen molar-refractivity contribution < 1.29 is 14.3 Å². The van der Waals surface area contributed by atoms with Gasteiger partial charge in [-0.3, -0.25) is 9.59 Å². The van der Waals surface area contributed by atoms with E-state index in [1.807, 2.05) is 61.5 Å². The van der Waals surface area contributed by atoms with E-state index in [4.69, 9.17) is 4.74 Å². The Hall–Kier alpha value is -3.60. The highest BCUT2D eigenvalue weighted by Gasteiger charge is 2.15. The zero-order chi connectivity index (χ0) is 21.3. The van der Waals surface area contributed by atoms with Crippen molar-refractivity contribution in [2.45, 2.75) is 32.8 Å². The number of rotatable bonds is 8. The zero-order valence-corrected chi connectivity index (χ0v) is 17.2. The number of benzene rings is 3. The van der Waals surface area contributed by atoms with Gasteiger partial charge in [0.2, 0.25) is 5.91 Å². The number of ether oxygens (including phenoxy) is 1. The second kappa shape index (κ2) is 10.3. The average molecular weight is 402 g/mol. The van der Waals surface area contributed by atoms with Gasteiger partial charge in [0.1, 0.15) is 5.75 Å². The second-order valence-electron chi connectivity index (χ2n) is 7.18. The topological polar surface area (TPSA) is 67.4 Å². The largest absolute Gasteiger partial charge is 0.481 e. The van der Waals surface area contributed by atoms with Gasteiger partial charge >= 0.3 is 0 Å². The van der Waals surface area contributed by atoms with Gasteiger partial charge in [0.25, 0.3) is 5.91 Å². The van der Waals surface area contributed by atoms with Crippen LogP contribution in [0.3, 0.4) is 0 Å². The van der Waals surface area contributed by atoms with Crippen molar-refractivity contribution in [2.75, 3.05) is 10.6 Å². The third-order valence-corrected chi connectivity index (χ3v) is 4.59. The Kier molecular flexibility index (Phi) is 7.22. The molecule has 1 atom stereocenters. The number of hydrogen-bond donors (Lipinski definition) is 2. The van der Waals surface area contributed by atoms with Gasteiger partial charge in [-0.05, 0) is 67.8 Å². The third kappa shape index (κ3) is 6.48. The smallest absolute Gasteiger partial charge is 0.265 e. The standard InChI is InChI=1S/C25H26N2O3/c1-18-7-6-10-23(17-18)30-19(2)25(29)27-22-14-12-21(13-15-22)26-24(28)16-11-20-8-4-3-5-9-20/h3-10,12-15,17,19H,11,16H2,1-2H3,(H,26,28)(H,27,29)/t19-/m1/s1. The molecule has 0 heterocycles. The van der Waals surface area contributed by atoms with Crippen LogP contribution in [0.15, 0.2) is 78.9 Å². The van der Waals surface area contributed by atoms with Crippen molar-refractivity contribution in [3.63, 3.8) is 0 Å². The van der Waals surface area contributed by atoms with Crippen LogP contribution in [0.1, 0.15) is 24.5 Å². The minimum Gasteiger partial charge on any atom is -0.481 e. The van der Waals surface area contributed by atoms with Crippen LogP contribution >= 0.6 is 0 Å². The highest BCUT2D eigenvalue weighted by Crippen LogP contribution is 2.17. The highest BCUT2D eigenvalue weighted by molar-refractivity contribution is 5.95. The predicted molar refractivity (Wildman–Crippen MR) is 120 cm³/mol. The van der Waals surface area contributed by atoms with Gasteiger partial charge in [-0.2, -0.15) is 0 Å². The van der Waals surface area contributed by atoms with Gasteiger partial charge in [-0.1, -0.05) is 42.5 Å². The molecule has 0 fully saturated rings. The number of hydrogen-bond acceptors (Lipinski definition) is 3. The Morgan fingerprint density at radius 2 is 1.53 bits per heavy atom. The summed E-state index contributed by atoms with van der Waals surface area (Å²) in [5.41, 5.74) is 3.53. The first-order chi connectivity index (χ1) is 14.5. The number of carbonyl (C=O) groups is 2. The predicted octanol–water partition coefficient (Wildman–Crippen LogP) is 4.97. The van der Waals surface area contributed by atoms with E-state index in [0.29, 0.717) is 30.0 Å². The van der Waals surface area contributed by atoms with Crippen LogP contribution in [-0.4, -0.2) is 17.9 Å². The zero-order valence-electron chi connectivity index (χ0n) is 17.2. The molecule has 30 heavy (non-hydrogen) atoms. The van der Waals surface area contributed by atoms with Crippen molar-refractivity contribution >= 4 is 23.2 Å². The summed E-state index contributed by atoms with van der Waals surface area (Å²) in [7, 11) is 0. The van der Waals surface area contributed by atoms with Crippen LogP contribution in [-0.2, 0) is 16.0 Å². The monoisotopic (exact) mass is 402 g/mol. The van der Waals surface area contributed by atoms with Crippen molar-refractivity contribution in [3.05, 3.63) is 90.0 Å². The number of amides is 2. The maximum atomic E-state index is 12.4. The third-order valence-electron chi connectivity index (χ3n) is 4.59. The summed E-state index contributed by atoms with van der Waals surface area (Å²) in [4.78, 5) is 24.5. The molecule has 5 heteroatoms. The summed E-state index contributed by atoms with van der Waals surface area (Å²) in [5, 5.41) is 5.70. The van der Waals surface area contributed by atoms with Crippen molar-refractivity contribution in [3.8, 4) is 5.75 Å². The van der Waals surface area contributed by atoms with E-state index >= 15 is 0 Å². The minimum atomic E-state index is -0.635. The van der Waals surface area contributed by atoms with Crippen molar-refractivity contribution in [1.29, 1.82) is 0 Å². The Morgan fingerprint density at radius 1 is 0.867 bits per heavy atom. The van der Waals surface area contributed by atoms with Crippen LogP contribution in [0.4, 0.5) is 11.4 Å². The second-order valence-corrected chi connectivity index (χ2v) is 7.18. The number of carbonyl (C=O) groups excluding carboxylic acids is 2. The van der Waals surface area contributed by atoms with Crippen LogP contribution in [0, 0.1) is 6.92 Å². The molecule has 5 nitrogen and oxygen atoms in total. The molecule has 0 saturated heterocycles. The molecule has 0 aliphatic heterocycles. The molecule has 0 aliphatic carbocycles. The average Bonchev–Trinajstić information content (AvgIpc) is 2.74. The summed E-state index contributed by atoms with van der Waals surface area (Å²) >= 11 is 0. The van der Waals surface area contributed by atoms with Crippen molar-refractivity contribution in [1.82, 2.24) is 0 Å². The van der Waals surface area contributed by atoms with Gasteiger partial charge in [-0.15, -0.1) is 0 Å². The molecular formula is C25H26N2O3.